The van der Waals surface area contributed by atoms with E-state index in [-0.39, 0.29) is 11.9 Å². The normalized spacial score (nSPS) is 28.6. The first-order chi connectivity index (χ1) is 9.08. The van der Waals surface area contributed by atoms with Gasteiger partial charge in [0.15, 0.2) is 0 Å². The molecule has 2 saturated carbocycles. The van der Waals surface area contributed by atoms with Gasteiger partial charge in [0.25, 0.3) is 0 Å². The van der Waals surface area contributed by atoms with E-state index in [4.69, 9.17) is 0 Å². The summed E-state index contributed by atoms with van der Waals surface area (Å²) in [5.41, 5.74) is 1.12. The minimum absolute atomic E-state index is 0.123. The number of hydrogen-bond donors (Lipinski definition) is 2. The van der Waals surface area contributed by atoms with Gasteiger partial charge in [-0.1, -0.05) is 24.8 Å². The lowest BCUT2D eigenvalue weighted by molar-refractivity contribution is -0.143. The van der Waals surface area contributed by atoms with E-state index in [1.165, 1.54) is 12.8 Å². The van der Waals surface area contributed by atoms with Gasteiger partial charge in [-0.25, -0.2) is 0 Å². The Morgan fingerprint density at radius 1 is 1.11 bits per heavy atom. The van der Waals surface area contributed by atoms with Gasteiger partial charge in [0.05, 0.1) is 5.92 Å². The quantitative estimate of drug-likeness (QED) is 0.606. The van der Waals surface area contributed by atoms with Crippen LogP contribution in [0.15, 0.2) is 11.6 Å². The van der Waals surface area contributed by atoms with Crippen LogP contribution < -0.4 is 5.32 Å². The van der Waals surface area contributed by atoms with Crippen LogP contribution in [0.4, 0.5) is 0 Å². The maximum absolute atomic E-state index is 12.0. The van der Waals surface area contributed by atoms with Crippen molar-refractivity contribution >= 4 is 11.9 Å². The third kappa shape index (κ3) is 4.08. The largest absolute Gasteiger partial charge is 0.481 e. The first-order valence-corrected chi connectivity index (χ1v) is 7.29. The Morgan fingerprint density at radius 2 is 1.79 bits per heavy atom. The summed E-state index contributed by atoms with van der Waals surface area (Å²) in [6, 6.07) is -0.212. The predicted molar refractivity (Wildman–Crippen MR) is 72.6 cm³/mol. The molecule has 19 heavy (non-hydrogen) atoms. The van der Waals surface area contributed by atoms with E-state index in [9.17, 15) is 14.7 Å². The zero-order valence-corrected chi connectivity index (χ0v) is 11.5. The van der Waals surface area contributed by atoms with E-state index < -0.39 is 11.9 Å². The van der Waals surface area contributed by atoms with Crippen molar-refractivity contribution in [2.24, 2.45) is 11.8 Å². The second-order valence-electron chi connectivity index (χ2n) is 5.86. The average Bonchev–Trinajstić information content (AvgIpc) is 3.15. The number of rotatable bonds is 4. The molecule has 2 aliphatic rings. The molecular formula is C15H23NO3. The molecule has 0 aromatic heterocycles. The average molecular weight is 265 g/mol. The van der Waals surface area contributed by atoms with Crippen LogP contribution in [0.1, 0.15) is 51.9 Å². The molecule has 2 atom stereocenters. The fourth-order valence-electron chi connectivity index (χ4n) is 2.86. The Labute approximate surface area is 114 Å². The number of carbonyl (C=O) groups is 2. The zero-order valence-electron chi connectivity index (χ0n) is 11.5. The van der Waals surface area contributed by atoms with Crippen molar-refractivity contribution < 1.29 is 14.7 Å². The van der Waals surface area contributed by atoms with Gasteiger partial charge < -0.3 is 10.4 Å². The smallest absolute Gasteiger partial charge is 0.308 e. The highest BCUT2D eigenvalue weighted by molar-refractivity contribution is 5.89. The van der Waals surface area contributed by atoms with Crippen LogP contribution in [-0.2, 0) is 9.59 Å². The number of carbonyl (C=O) groups excluding carboxylic acids is 1. The highest BCUT2D eigenvalue weighted by atomic mass is 16.4. The molecule has 2 rings (SSSR count). The summed E-state index contributed by atoms with van der Waals surface area (Å²) in [5.74, 6) is -0.756. The molecule has 0 spiro atoms. The van der Waals surface area contributed by atoms with Crippen molar-refractivity contribution in [1.29, 1.82) is 0 Å². The Morgan fingerprint density at radius 3 is 2.42 bits per heavy atom. The van der Waals surface area contributed by atoms with Gasteiger partial charge in [0, 0.05) is 12.1 Å². The Bertz CT molecular complexity index is 385. The molecule has 1 amide bonds. The molecule has 2 unspecified atom stereocenters. The first-order valence-electron chi connectivity index (χ1n) is 7.29. The van der Waals surface area contributed by atoms with Crippen molar-refractivity contribution in [2.45, 2.75) is 57.9 Å². The van der Waals surface area contributed by atoms with Crippen LogP contribution in [0.25, 0.3) is 0 Å². The molecule has 0 aromatic rings. The number of hydrogen-bond acceptors (Lipinski definition) is 2. The first kappa shape index (κ1) is 14.1. The molecule has 0 bridgehead atoms. The molecule has 4 heteroatoms. The molecule has 4 nitrogen and oxygen atoms in total. The summed E-state index contributed by atoms with van der Waals surface area (Å²) >= 11 is 0. The highest BCUT2D eigenvalue weighted by Crippen LogP contribution is 2.35. The maximum Gasteiger partial charge on any atom is 0.308 e. The molecule has 0 heterocycles. The summed E-state index contributed by atoms with van der Waals surface area (Å²) in [5, 5.41) is 12.2. The minimum Gasteiger partial charge on any atom is -0.481 e. The fraction of sp³-hybridized carbons (Fsp3) is 0.733. The van der Waals surface area contributed by atoms with Crippen LogP contribution in [-0.4, -0.2) is 23.0 Å². The lowest BCUT2D eigenvalue weighted by atomic mass is 9.95. The standard InChI is InChI=1S/C15H23NO3/c1-10(11-7-8-11)9-14(17)16-13-6-4-2-3-5-12(13)15(18)19/h9,11-13H,2-8H2,1H3,(H,16,17)(H,18,19). The molecular weight excluding hydrogens is 242 g/mol. The SMILES string of the molecule is CC(=CC(=O)NC1CCCCCC1C(=O)O)C1CC1. The van der Waals surface area contributed by atoms with Crippen LogP contribution in [0.3, 0.4) is 0 Å². The minimum atomic E-state index is -0.782. The van der Waals surface area contributed by atoms with Crippen molar-refractivity contribution in [3.8, 4) is 0 Å². The predicted octanol–water partition coefficient (Wildman–Crippen LogP) is 2.49. The number of amides is 1. The number of carboxylic acid groups (broad SMARTS) is 1. The Hall–Kier alpha value is -1.32. The van der Waals surface area contributed by atoms with E-state index in [0.29, 0.717) is 12.3 Å². The van der Waals surface area contributed by atoms with Crippen LogP contribution in [0, 0.1) is 11.8 Å². The van der Waals surface area contributed by atoms with E-state index in [2.05, 4.69) is 5.32 Å². The van der Waals surface area contributed by atoms with Gasteiger partial charge in [-0.2, -0.15) is 0 Å². The van der Waals surface area contributed by atoms with Crippen LogP contribution >= 0.6 is 0 Å². The molecule has 2 N–H and O–H groups in total. The van der Waals surface area contributed by atoms with Gasteiger partial charge >= 0.3 is 5.97 Å². The molecule has 2 aliphatic carbocycles. The van der Waals surface area contributed by atoms with Gasteiger partial charge in [-0.05, 0) is 38.5 Å². The second kappa shape index (κ2) is 6.22. The van der Waals surface area contributed by atoms with Crippen LogP contribution in [0.2, 0.25) is 0 Å². The number of allylic oxidation sites excluding steroid dienone is 1. The number of nitrogens with one attached hydrogen (secondary N) is 1. The van der Waals surface area contributed by atoms with Gasteiger partial charge in [-0.3, -0.25) is 9.59 Å². The monoisotopic (exact) mass is 265 g/mol. The van der Waals surface area contributed by atoms with E-state index >= 15 is 0 Å². The number of aliphatic carboxylic acids is 1. The van der Waals surface area contributed by atoms with E-state index in [1.54, 1.807) is 6.08 Å². The van der Waals surface area contributed by atoms with Gasteiger partial charge in [0.1, 0.15) is 0 Å². The molecule has 106 valence electrons. The summed E-state index contributed by atoms with van der Waals surface area (Å²) in [7, 11) is 0. The molecule has 0 radical (unpaired) electrons. The number of carboxylic acids is 1. The van der Waals surface area contributed by atoms with Crippen molar-refractivity contribution in [3.63, 3.8) is 0 Å². The van der Waals surface area contributed by atoms with Crippen molar-refractivity contribution in [1.82, 2.24) is 5.32 Å². The Balaban J connectivity index is 1.95. The fourth-order valence-corrected chi connectivity index (χ4v) is 2.86. The summed E-state index contributed by atoms with van der Waals surface area (Å²) in [4.78, 5) is 23.2. The summed E-state index contributed by atoms with van der Waals surface area (Å²) in [6.45, 7) is 1.99. The van der Waals surface area contributed by atoms with Gasteiger partial charge in [0.2, 0.25) is 5.91 Å². The molecule has 2 fully saturated rings. The summed E-state index contributed by atoms with van der Waals surface area (Å²) in [6.07, 6.45) is 8.47. The van der Waals surface area contributed by atoms with E-state index in [0.717, 1.165) is 31.3 Å². The van der Waals surface area contributed by atoms with Crippen LogP contribution in [0.5, 0.6) is 0 Å². The lowest BCUT2D eigenvalue weighted by Crippen LogP contribution is -2.42. The maximum atomic E-state index is 12.0. The summed E-state index contributed by atoms with van der Waals surface area (Å²) < 4.78 is 0. The third-order valence-corrected chi connectivity index (χ3v) is 4.24. The highest BCUT2D eigenvalue weighted by Gasteiger charge is 2.30. The van der Waals surface area contributed by atoms with Gasteiger partial charge in [-0.15, -0.1) is 0 Å². The zero-order chi connectivity index (χ0) is 13.8. The molecule has 0 aliphatic heterocycles. The van der Waals surface area contributed by atoms with E-state index in [1.807, 2.05) is 6.92 Å². The third-order valence-electron chi connectivity index (χ3n) is 4.24. The lowest BCUT2D eigenvalue weighted by Gasteiger charge is -2.22. The Kier molecular flexibility index (Phi) is 4.61. The molecule has 0 saturated heterocycles. The van der Waals surface area contributed by atoms with Crippen molar-refractivity contribution in [3.05, 3.63) is 11.6 Å². The van der Waals surface area contributed by atoms with Crippen molar-refractivity contribution in [2.75, 3.05) is 0 Å². The topological polar surface area (TPSA) is 66.4 Å². The second-order valence-corrected chi connectivity index (χ2v) is 5.86. The molecule has 0 aromatic carbocycles.